The van der Waals surface area contributed by atoms with Crippen molar-refractivity contribution < 1.29 is 5.21 Å². The monoisotopic (exact) mass is 219 g/mol. The van der Waals surface area contributed by atoms with Crippen molar-refractivity contribution in [2.75, 3.05) is 19.3 Å². The van der Waals surface area contributed by atoms with Gasteiger partial charge in [-0.05, 0) is 25.6 Å². The highest BCUT2D eigenvalue weighted by molar-refractivity contribution is 7.99. The van der Waals surface area contributed by atoms with Crippen LogP contribution in [-0.4, -0.2) is 35.6 Å². The van der Waals surface area contributed by atoms with Crippen LogP contribution >= 0.6 is 11.8 Å². The smallest absolute Gasteiger partial charge is 0.139 e. The number of hydrogen-bond acceptors (Lipinski definition) is 4. The lowest BCUT2D eigenvalue weighted by molar-refractivity contribution is 0.316. The van der Waals surface area contributed by atoms with Crippen LogP contribution in [0.25, 0.3) is 0 Å². The zero-order valence-electron chi connectivity index (χ0n) is 8.99. The highest BCUT2D eigenvalue weighted by Crippen LogP contribution is 2.02. The van der Waals surface area contributed by atoms with Gasteiger partial charge in [-0.3, -0.25) is 0 Å². The van der Waals surface area contributed by atoms with Gasteiger partial charge in [-0.15, -0.1) is 0 Å². The number of rotatable bonds is 8. The molecule has 0 aromatic heterocycles. The summed E-state index contributed by atoms with van der Waals surface area (Å²) in [5, 5.41) is 15.2. The average Bonchev–Trinajstić information content (AvgIpc) is 2.22. The number of oxime groups is 1. The Morgan fingerprint density at radius 3 is 2.86 bits per heavy atom. The normalized spacial score (nSPS) is 14.3. The van der Waals surface area contributed by atoms with E-state index in [9.17, 15) is 0 Å². The predicted molar refractivity (Wildman–Crippen MR) is 63.1 cm³/mol. The molecule has 0 spiro atoms. The van der Waals surface area contributed by atoms with Crippen LogP contribution in [-0.2, 0) is 0 Å². The maximum absolute atomic E-state index is 8.29. The summed E-state index contributed by atoms with van der Waals surface area (Å²) in [6.07, 6.45) is 4.83. The summed E-state index contributed by atoms with van der Waals surface area (Å²) in [4.78, 5) is 0. The minimum absolute atomic E-state index is 0.322. The number of amidine groups is 1. The third-order valence-corrected chi connectivity index (χ3v) is 2.97. The van der Waals surface area contributed by atoms with Crippen molar-refractivity contribution in [3.05, 3.63) is 0 Å². The summed E-state index contributed by atoms with van der Waals surface area (Å²) in [6, 6.07) is 0. The third-order valence-electron chi connectivity index (χ3n) is 2.00. The number of nitrogens with zero attached hydrogens (tertiary/aromatic N) is 1. The van der Waals surface area contributed by atoms with E-state index >= 15 is 0 Å². The van der Waals surface area contributed by atoms with E-state index in [0.717, 1.165) is 25.9 Å². The Bertz CT molecular complexity index is 164. The summed E-state index contributed by atoms with van der Waals surface area (Å²) in [6.45, 7) is 4.25. The van der Waals surface area contributed by atoms with Gasteiger partial charge in [0, 0.05) is 18.2 Å². The SMILES string of the molecule is CSC(C)CNCCCCC(N)=NO. The van der Waals surface area contributed by atoms with E-state index in [0.29, 0.717) is 17.5 Å². The van der Waals surface area contributed by atoms with Crippen LogP contribution in [0.1, 0.15) is 26.2 Å². The predicted octanol–water partition coefficient (Wildman–Crippen LogP) is 1.24. The summed E-state index contributed by atoms with van der Waals surface area (Å²) in [5.74, 6) is 0.322. The van der Waals surface area contributed by atoms with Crippen molar-refractivity contribution in [1.82, 2.24) is 5.32 Å². The summed E-state index contributed by atoms with van der Waals surface area (Å²) in [5.41, 5.74) is 5.33. The molecule has 0 amide bonds. The Morgan fingerprint density at radius 1 is 1.57 bits per heavy atom. The number of hydrogen-bond donors (Lipinski definition) is 3. The molecular weight excluding hydrogens is 198 g/mol. The van der Waals surface area contributed by atoms with Crippen LogP contribution in [0, 0.1) is 0 Å². The van der Waals surface area contributed by atoms with Gasteiger partial charge >= 0.3 is 0 Å². The van der Waals surface area contributed by atoms with E-state index in [2.05, 4.69) is 23.7 Å². The standard InChI is InChI=1S/C9H21N3OS/c1-8(14-2)7-11-6-4-3-5-9(10)12-13/h8,11,13H,3-7H2,1-2H3,(H2,10,12). The van der Waals surface area contributed by atoms with Gasteiger partial charge in [0.15, 0.2) is 0 Å². The molecule has 0 aliphatic heterocycles. The molecule has 0 aliphatic rings. The molecule has 0 rings (SSSR count). The first-order chi connectivity index (χ1) is 6.70. The van der Waals surface area contributed by atoms with Gasteiger partial charge in [-0.25, -0.2) is 0 Å². The molecule has 0 radical (unpaired) electrons. The summed E-state index contributed by atoms with van der Waals surface area (Å²) in [7, 11) is 0. The van der Waals surface area contributed by atoms with Crippen LogP contribution in [0.3, 0.4) is 0 Å². The lowest BCUT2D eigenvalue weighted by atomic mass is 10.2. The second kappa shape index (κ2) is 9.15. The molecule has 14 heavy (non-hydrogen) atoms. The molecule has 5 heteroatoms. The molecule has 0 aromatic carbocycles. The van der Waals surface area contributed by atoms with Crippen LogP contribution in [0.5, 0.6) is 0 Å². The molecule has 0 fully saturated rings. The van der Waals surface area contributed by atoms with E-state index in [1.807, 2.05) is 11.8 Å². The fourth-order valence-corrected chi connectivity index (χ4v) is 1.28. The largest absolute Gasteiger partial charge is 0.409 e. The first-order valence-corrected chi connectivity index (χ1v) is 6.19. The van der Waals surface area contributed by atoms with Crippen molar-refractivity contribution >= 4 is 17.6 Å². The van der Waals surface area contributed by atoms with Crippen molar-refractivity contribution in [3.8, 4) is 0 Å². The molecule has 0 bridgehead atoms. The maximum atomic E-state index is 8.29. The van der Waals surface area contributed by atoms with Crippen LogP contribution in [0.4, 0.5) is 0 Å². The molecule has 0 saturated carbocycles. The molecule has 84 valence electrons. The molecule has 0 aliphatic carbocycles. The summed E-state index contributed by atoms with van der Waals surface area (Å²) < 4.78 is 0. The fourth-order valence-electron chi connectivity index (χ4n) is 0.995. The average molecular weight is 219 g/mol. The van der Waals surface area contributed by atoms with Gasteiger partial charge < -0.3 is 16.3 Å². The van der Waals surface area contributed by atoms with Crippen LogP contribution in [0.15, 0.2) is 5.16 Å². The Balaban J connectivity index is 3.14. The van der Waals surface area contributed by atoms with Gasteiger partial charge in [0.1, 0.15) is 5.84 Å². The quantitative estimate of drug-likeness (QED) is 0.189. The van der Waals surface area contributed by atoms with Crippen molar-refractivity contribution in [2.45, 2.75) is 31.4 Å². The number of nitrogens with two attached hydrogens (primary N) is 1. The zero-order valence-corrected chi connectivity index (χ0v) is 9.81. The van der Waals surface area contributed by atoms with Gasteiger partial charge in [-0.1, -0.05) is 12.1 Å². The maximum Gasteiger partial charge on any atom is 0.139 e. The van der Waals surface area contributed by atoms with Crippen molar-refractivity contribution in [1.29, 1.82) is 0 Å². The molecular formula is C9H21N3OS. The molecule has 0 heterocycles. The molecule has 1 atom stereocenters. The van der Waals surface area contributed by atoms with E-state index in [-0.39, 0.29) is 0 Å². The van der Waals surface area contributed by atoms with Crippen LogP contribution < -0.4 is 11.1 Å². The van der Waals surface area contributed by atoms with Gasteiger partial charge in [0.25, 0.3) is 0 Å². The number of unbranched alkanes of at least 4 members (excludes halogenated alkanes) is 1. The van der Waals surface area contributed by atoms with Gasteiger partial charge in [0.2, 0.25) is 0 Å². The van der Waals surface area contributed by atoms with Crippen molar-refractivity contribution in [3.63, 3.8) is 0 Å². The molecule has 0 aromatic rings. The minimum atomic E-state index is 0.322. The first-order valence-electron chi connectivity index (χ1n) is 4.90. The second-order valence-electron chi connectivity index (χ2n) is 3.30. The second-order valence-corrected chi connectivity index (χ2v) is 4.58. The fraction of sp³-hybridized carbons (Fsp3) is 0.889. The van der Waals surface area contributed by atoms with Gasteiger partial charge in [-0.2, -0.15) is 11.8 Å². The molecule has 4 N–H and O–H groups in total. The molecule has 4 nitrogen and oxygen atoms in total. The van der Waals surface area contributed by atoms with E-state index < -0.39 is 0 Å². The Kier molecular flexibility index (Phi) is 8.87. The van der Waals surface area contributed by atoms with Gasteiger partial charge in [0.05, 0.1) is 0 Å². The summed E-state index contributed by atoms with van der Waals surface area (Å²) >= 11 is 1.86. The third kappa shape index (κ3) is 8.19. The number of nitrogens with one attached hydrogen (secondary N) is 1. The number of thioether (sulfide) groups is 1. The Hall–Kier alpha value is -0.420. The highest BCUT2D eigenvalue weighted by atomic mass is 32.2. The van der Waals surface area contributed by atoms with E-state index in [4.69, 9.17) is 10.9 Å². The lowest BCUT2D eigenvalue weighted by Crippen LogP contribution is -2.23. The Morgan fingerprint density at radius 2 is 2.29 bits per heavy atom. The zero-order chi connectivity index (χ0) is 10.8. The molecule has 1 unspecified atom stereocenters. The minimum Gasteiger partial charge on any atom is -0.409 e. The Labute approximate surface area is 90.3 Å². The van der Waals surface area contributed by atoms with Crippen LogP contribution in [0.2, 0.25) is 0 Å². The first kappa shape index (κ1) is 13.6. The van der Waals surface area contributed by atoms with E-state index in [1.165, 1.54) is 0 Å². The molecule has 0 saturated heterocycles. The topological polar surface area (TPSA) is 70.6 Å². The van der Waals surface area contributed by atoms with E-state index in [1.54, 1.807) is 0 Å². The highest BCUT2D eigenvalue weighted by Gasteiger charge is 1.97. The lowest BCUT2D eigenvalue weighted by Gasteiger charge is -2.09. The van der Waals surface area contributed by atoms with Crippen molar-refractivity contribution in [2.24, 2.45) is 10.9 Å².